The molecule has 92 valence electrons. The Bertz CT molecular complexity index is 392. The molecule has 1 saturated heterocycles. The zero-order valence-electron chi connectivity index (χ0n) is 9.49. The highest BCUT2D eigenvalue weighted by Crippen LogP contribution is 2.12. The number of halogens is 1. The molecular formula is C12H15ClN2O2. The van der Waals surface area contributed by atoms with E-state index in [2.05, 4.69) is 10.3 Å². The molecule has 4 nitrogen and oxygen atoms in total. The van der Waals surface area contributed by atoms with Crippen molar-refractivity contribution in [1.82, 2.24) is 10.3 Å². The largest absolute Gasteiger partial charge is 0.381 e. The number of pyridine rings is 1. The maximum Gasteiger partial charge on any atom is 0.269 e. The Balaban J connectivity index is 1.84. The lowest BCUT2D eigenvalue weighted by Crippen LogP contribution is -2.33. The fourth-order valence-electron chi connectivity index (χ4n) is 1.82. The summed E-state index contributed by atoms with van der Waals surface area (Å²) in [5, 5.41) is 3.38. The molecule has 1 aliphatic rings. The molecule has 5 heteroatoms. The van der Waals surface area contributed by atoms with E-state index in [9.17, 15) is 4.79 Å². The Hall–Kier alpha value is -1.13. The second-order valence-electron chi connectivity index (χ2n) is 4.15. The van der Waals surface area contributed by atoms with Crippen molar-refractivity contribution >= 4 is 17.5 Å². The number of nitrogens with zero attached hydrogens (tertiary/aromatic N) is 1. The summed E-state index contributed by atoms with van der Waals surface area (Å²) in [6.07, 6.45) is 3.69. The standard InChI is InChI=1S/C12H15ClN2O2/c13-10-3-4-14-11(6-10)12(16)15-7-9-2-1-5-17-8-9/h3-4,6,9H,1-2,5,7-8H2,(H,15,16). The number of rotatable bonds is 3. The summed E-state index contributed by atoms with van der Waals surface area (Å²) in [6, 6.07) is 3.21. The first kappa shape index (κ1) is 12.3. The van der Waals surface area contributed by atoms with Crippen molar-refractivity contribution in [3.05, 3.63) is 29.0 Å². The number of hydrogen-bond donors (Lipinski definition) is 1. The highest BCUT2D eigenvalue weighted by atomic mass is 35.5. The number of carbonyl (C=O) groups is 1. The molecule has 1 aromatic rings. The molecular weight excluding hydrogens is 240 g/mol. The lowest BCUT2D eigenvalue weighted by molar-refractivity contribution is 0.0535. The van der Waals surface area contributed by atoms with E-state index in [-0.39, 0.29) is 5.91 Å². The third kappa shape index (κ3) is 3.68. The van der Waals surface area contributed by atoms with Gasteiger partial charge in [-0.3, -0.25) is 9.78 Å². The molecule has 0 saturated carbocycles. The van der Waals surface area contributed by atoms with Crippen LogP contribution in [0.1, 0.15) is 23.3 Å². The fourth-order valence-corrected chi connectivity index (χ4v) is 1.98. The lowest BCUT2D eigenvalue weighted by Gasteiger charge is -2.22. The van der Waals surface area contributed by atoms with Crippen molar-refractivity contribution in [2.45, 2.75) is 12.8 Å². The molecule has 1 unspecified atom stereocenters. The van der Waals surface area contributed by atoms with Crippen molar-refractivity contribution in [3.63, 3.8) is 0 Å². The van der Waals surface area contributed by atoms with E-state index in [1.165, 1.54) is 6.20 Å². The van der Waals surface area contributed by atoms with Gasteiger partial charge in [0.15, 0.2) is 0 Å². The highest BCUT2D eigenvalue weighted by Gasteiger charge is 2.15. The van der Waals surface area contributed by atoms with Gasteiger partial charge in [-0.25, -0.2) is 0 Å². The van der Waals surface area contributed by atoms with Gasteiger partial charge in [0, 0.05) is 24.4 Å². The van der Waals surface area contributed by atoms with Crippen LogP contribution < -0.4 is 5.32 Å². The predicted molar refractivity (Wildman–Crippen MR) is 65.1 cm³/mol. The third-order valence-corrected chi connectivity index (χ3v) is 3.00. The van der Waals surface area contributed by atoms with Gasteiger partial charge in [-0.1, -0.05) is 11.6 Å². The Labute approximate surface area is 105 Å². The average molecular weight is 255 g/mol. The van der Waals surface area contributed by atoms with Crippen LogP contribution >= 0.6 is 11.6 Å². The molecule has 0 bridgehead atoms. The van der Waals surface area contributed by atoms with E-state index in [1.807, 2.05) is 0 Å². The smallest absolute Gasteiger partial charge is 0.269 e. The van der Waals surface area contributed by atoms with Crippen LogP contribution in [-0.4, -0.2) is 30.6 Å². The van der Waals surface area contributed by atoms with Crippen LogP contribution in [-0.2, 0) is 4.74 Å². The van der Waals surface area contributed by atoms with E-state index < -0.39 is 0 Å². The normalized spacial score (nSPS) is 19.9. The third-order valence-electron chi connectivity index (χ3n) is 2.76. The Kier molecular flexibility index (Phi) is 4.34. The van der Waals surface area contributed by atoms with Gasteiger partial charge in [0.2, 0.25) is 0 Å². The first-order valence-electron chi connectivity index (χ1n) is 5.73. The van der Waals surface area contributed by atoms with Crippen LogP contribution in [0.25, 0.3) is 0 Å². The molecule has 0 aromatic carbocycles. The van der Waals surface area contributed by atoms with E-state index in [1.54, 1.807) is 12.1 Å². The highest BCUT2D eigenvalue weighted by molar-refractivity contribution is 6.30. The van der Waals surface area contributed by atoms with E-state index in [4.69, 9.17) is 16.3 Å². The second-order valence-corrected chi connectivity index (χ2v) is 4.59. The van der Waals surface area contributed by atoms with Crippen LogP contribution in [0.2, 0.25) is 5.02 Å². The van der Waals surface area contributed by atoms with Gasteiger partial charge >= 0.3 is 0 Å². The van der Waals surface area contributed by atoms with Crippen molar-refractivity contribution in [3.8, 4) is 0 Å². The molecule has 0 radical (unpaired) electrons. The van der Waals surface area contributed by atoms with Crippen LogP contribution in [0.3, 0.4) is 0 Å². The van der Waals surface area contributed by atoms with Crippen LogP contribution in [0.15, 0.2) is 18.3 Å². The Morgan fingerprint density at radius 1 is 1.65 bits per heavy atom. The molecule has 1 aromatic heterocycles. The predicted octanol–water partition coefficient (Wildman–Crippen LogP) is 1.89. The van der Waals surface area contributed by atoms with Crippen LogP contribution in [0, 0.1) is 5.92 Å². The Morgan fingerprint density at radius 3 is 3.24 bits per heavy atom. The summed E-state index contributed by atoms with van der Waals surface area (Å²) in [6.45, 7) is 2.19. The zero-order chi connectivity index (χ0) is 12.1. The van der Waals surface area contributed by atoms with Gasteiger partial charge < -0.3 is 10.1 Å². The summed E-state index contributed by atoms with van der Waals surface area (Å²) in [5.41, 5.74) is 0.356. The number of hydrogen-bond acceptors (Lipinski definition) is 3. The van der Waals surface area contributed by atoms with Gasteiger partial charge in [-0.05, 0) is 30.9 Å². The quantitative estimate of drug-likeness (QED) is 0.896. The minimum Gasteiger partial charge on any atom is -0.381 e. The average Bonchev–Trinajstić information content (AvgIpc) is 2.37. The summed E-state index contributed by atoms with van der Waals surface area (Å²) < 4.78 is 5.35. The van der Waals surface area contributed by atoms with Gasteiger partial charge in [0.25, 0.3) is 5.91 Å². The molecule has 2 heterocycles. The van der Waals surface area contributed by atoms with Crippen molar-refractivity contribution in [2.24, 2.45) is 5.92 Å². The fraction of sp³-hybridized carbons (Fsp3) is 0.500. The maximum absolute atomic E-state index is 11.8. The van der Waals surface area contributed by atoms with Gasteiger partial charge in [-0.15, -0.1) is 0 Å². The number of nitrogens with one attached hydrogen (secondary N) is 1. The second kappa shape index (κ2) is 5.98. The number of aromatic nitrogens is 1. The number of amides is 1. The molecule has 1 N–H and O–H groups in total. The SMILES string of the molecule is O=C(NCC1CCCOC1)c1cc(Cl)ccn1. The molecule has 0 aliphatic carbocycles. The molecule has 0 spiro atoms. The lowest BCUT2D eigenvalue weighted by atomic mass is 10.0. The molecule has 17 heavy (non-hydrogen) atoms. The first-order valence-corrected chi connectivity index (χ1v) is 6.11. The number of ether oxygens (including phenoxy) is 1. The van der Waals surface area contributed by atoms with Gasteiger partial charge in [0.1, 0.15) is 5.69 Å². The van der Waals surface area contributed by atoms with Crippen LogP contribution in [0.4, 0.5) is 0 Å². The Morgan fingerprint density at radius 2 is 2.53 bits per heavy atom. The molecule has 1 aliphatic heterocycles. The van der Waals surface area contributed by atoms with Gasteiger partial charge in [0.05, 0.1) is 6.61 Å². The molecule has 2 rings (SSSR count). The van der Waals surface area contributed by atoms with E-state index in [0.29, 0.717) is 23.2 Å². The summed E-state index contributed by atoms with van der Waals surface area (Å²) >= 11 is 5.80. The minimum absolute atomic E-state index is 0.182. The topological polar surface area (TPSA) is 51.2 Å². The van der Waals surface area contributed by atoms with Gasteiger partial charge in [-0.2, -0.15) is 0 Å². The van der Waals surface area contributed by atoms with Crippen molar-refractivity contribution < 1.29 is 9.53 Å². The minimum atomic E-state index is -0.182. The monoisotopic (exact) mass is 254 g/mol. The van der Waals surface area contributed by atoms with Crippen molar-refractivity contribution in [2.75, 3.05) is 19.8 Å². The van der Waals surface area contributed by atoms with E-state index >= 15 is 0 Å². The molecule has 1 fully saturated rings. The van der Waals surface area contributed by atoms with E-state index in [0.717, 1.165) is 26.1 Å². The molecule has 1 amide bonds. The summed E-state index contributed by atoms with van der Waals surface area (Å²) in [7, 11) is 0. The summed E-state index contributed by atoms with van der Waals surface area (Å²) in [5.74, 6) is 0.227. The zero-order valence-corrected chi connectivity index (χ0v) is 10.2. The summed E-state index contributed by atoms with van der Waals surface area (Å²) in [4.78, 5) is 15.7. The van der Waals surface area contributed by atoms with Crippen molar-refractivity contribution in [1.29, 1.82) is 0 Å². The maximum atomic E-state index is 11.8. The number of carbonyl (C=O) groups excluding carboxylic acids is 1. The molecule has 1 atom stereocenters. The van der Waals surface area contributed by atoms with Crippen LogP contribution in [0.5, 0.6) is 0 Å². The first-order chi connectivity index (χ1) is 8.25.